The Morgan fingerprint density at radius 2 is 1.78 bits per heavy atom. The van der Waals surface area contributed by atoms with E-state index in [2.05, 4.69) is 19.9 Å². The van der Waals surface area contributed by atoms with Crippen molar-refractivity contribution in [1.29, 1.82) is 5.26 Å². The largest absolute Gasteiger partial charge is 0.388 e. The Balaban J connectivity index is 2.19. The second-order valence-electron chi connectivity index (χ2n) is 6.61. The van der Waals surface area contributed by atoms with Gasteiger partial charge in [0.05, 0.1) is 17.1 Å². The van der Waals surface area contributed by atoms with E-state index in [9.17, 15) is 10.4 Å². The summed E-state index contributed by atoms with van der Waals surface area (Å²) in [5, 5.41) is 20.8. The van der Waals surface area contributed by atoms with Crippen LogP contribution in [0.15, 0.2) is 0 Å². The SMILES string of the molecule is CCC1CCC(O)(C2(C#N)CCCC(CC)C2)C1. The number of nitriles is 1. The van der Waals surface area contributed by atoms with E-state index in [1.807, 2.05) is 0 Å². The van der Waals surface area contributed by atoms with Crippen molar-refractivity contribution in [1.82, 2.24) is 0 Å². The van der Waals surface area contributed by atoms with Crippen LogP contribution in [0.5, 0.6) is 0 Å². The zero-order valence-corrected chi connectivity index (χ0v) is 11.9. The van der Waals surface area contributed by atoms with E-state index in [4.69, 9.17) is 0 Å². The molecule has 102 valence electrons. The summed E-state index contributed by atoms with van der Waals surface area (Å²) >= 11 is 0. The molecule has 0 bridgehead atoms. The van der Waals surface area contributed by atoms with Gasteiger partial charge in [0.25, 0.3) is 0 Å². The van der Waals surface area contributed by atoms with E-state index in [0.717, 1.165) is 51.4 Å². The molecule has 0 radical (unpaired) electrons. The van der Waals surface area contributed by atoms with Crippen LogP contribution in [0.25, 0.3) is 0 Å². The third-order valence-electron chi connectivity index (χ3n) is 5.71. The van der Waals surface area contributed by atoms with Gasteiger partial charge in [-0.15, -0.1) is 0 Å². The van der Waals surface area contributed by atoms with Gasteiger partial charge < -0.3 is 5.11 Å². The minimum atomic E-state index is -0.698. The van der Waals surface area contributed by atoms with E-state index in [1.54, 1.807) is 0 Å². The molecule has 2 fully saturated rings. The number of aliphatic hydroxyl groups is 1. The van der Waals surface area contributed by atoms with Crippen LogP contribution in [0.2, 0.25) is 0 Å². The molecule has 2 saturated carbocycles. The first-order chi connectivity index (χ1) is 8.59. The van der Waals surface area contributed by atoms with Crippen molar-refractivity contribution in [2.75, 3.05) is 0 Å². The van der Waals surface area contributed by atoms with Crippen LogP contribution in [0.4, 0.5) is 0 Å². The molecule has 2 heteroatoms. The summed E-state index contributed by atoms with van der Waals surface area (Å²) in [5.74, 6) is 1.27. The molecule has 2 aliphatic carbocycles. The lowest BCUT2D eigenvalue weighted by molar-refractivity contribution is -0.0794. The van der Waals surface area contributed by atoms with E-state index < -0.39 is 11.0 Å². The van der Waals surface area contributed by atoms with Crippen LogP contribution in [0.3, 0.4) is 0 Å². The molecule has 1 N–H and O–H groups in total. The normalized spacial score (nSPS) is 44.8. The van der Waals surface area contributed by atoms with Crippen LogP contribution < -0.4 is 0 Å². The quantitative estimate of drug-likeness (QED) is 0.820. The predicted molar refractivity (Wildman–Crippen MR) is 72.9 cm³/mol. The zero-order chi connectivity index (χ0) is 13.2. The molecule has 0 aromatic heterocycles. The maximum absolute atomic E-state index is 11.1. The van der Waals surface area contributed by atoms with E-state index in [-0.39, 0.29) is 0 Å². The summed E-state index contributed by atoms with van der Waals surface area (Å²) in [7, 11) is 0. The fourth-order valence-electron chi connectivity index (χ4n) is 4.27. The van der Waals surface area contributed by atoms with Crippen LogP contribution in [0.1, 0.15) is 71.6 Å². The Morgan fingerprint density at radius 1 is 1.11 bits per heavy atom. The van der Waals surface area contributed by atoms with Crippen molar-refractivity contribution in [3.8, 4) is 6.07 Å². The lowest BCUT2D eigenvalue weighted by atomic mass is 9.60. The van der Waals surface area contributed by atoms with Crippen LogP contribution in [-0.2, 0) is 0 Å². The molecule has 0 heterocycles. The highest BCUT2D eigenvalue weighted by molar-refractivity contribution is 5.15. The molecule has 0 aromatic carbocycles. The second kappa shape index (κ2) is 5.21. The Morgan fingerprint density at radius 3 is 2.33 bits per heavy atom. The Hall–Kier alpha value is -0.550. The standard InChI is InChI=1S/C16H27NO/c1-3-13-6-5-8-15(10-13,12-17)16(18)9-7-14(4-2)11-16/h13-14,18H,3-11H2,1-2H3. The first-order valence-electron chi connectivity index (χ1n) is 7.73. The van der Waals surface area contributed by atoms with Crippen molar-refractivity contribution >= 4 is 0 Å². The predicted octanol–water partition coefficient (Wildman–Crippen LogP) is 4.04. The summed E-state index contributed by atoms with van der Waals surface area (Å²) in [6.45, 7) is 4.41. The highest BCUT2D eigenvalue weighted by Crippen LogP contribution is 2.55. The summed E-state index contributed by atoms with van der Waals surface area (Å²) < 4.78 is 0. The summed E-state index contributed by atoms with van der Waals surface area (Å²) in [6, 6.07) is 2.56. The van der Waals surface area contributed by atoms with Crippen LogP contribution in [0, 0.1) is 28.6 Å². The molecule has 2 nitrogen and oxygen atoms in total. The van der Waals surface area contributed by atoms with E-state index >= 15 is 0 Å². The van der Waals surface area contributed by atoms with Gasteiger partial charge in [0, 0.05) is 0 Å². The lowest BCUT2D eigenvalue weighted by Crippen LogP contribution is -2.48. The van der Waals surface area contributed by atoms with Gasteiger partial charge in [-0.1, -0.05) is 39.5 Å². The topological polar surface area (TPSA) is 44.0 Å². The molecule has 0 saturated heterocycles. The molecule has 0 aliphatic heterocycles. The number of hydrogen-bond donors (Lipinski definition) is 1. The van der Waals surface area contributed by atoms with Crippen molar-refractivity contribution in [2.45, 2.75) is 77.2 Å². The second-order valence-corrected chi connectivity index (χ2v) is 6.61. The molecule has 2 rings (SSSR count). The van der Waals surface area contributed by atoms with Gasteiger partial charge in [-0.2, -0.15) is 5.26 Å². The van der Waals surface area contributed by atoms with Gasteiger partial charge in [-0.05, 0) is 43.9 Å². The minimum Gasteiger partial charge on any atom is -0.388 e. The highest BCUT2D eigenvalue weighted by Gasteiger charge is 2.55. The maximum atomic E-state index is 11.1. The average Bonchev–Trinajstić information content (AvgIpc) is 2.82. The molecule has 0 amide bonds. The van der Waals surface area contributed by atoms with Gasteiger partial charge in [0.1, 0.15) is 0 Å². The summed E-state index contributed by atoms with van der Waals surface area (Å²) in [5.41, 5.74) is -1.15. The first-order valence-corrected chi connectivity index (χ1v) is 7.73. The first kappa shape index (κ1) is 13.9. The van der Waals surface area contributed by atoms with Crippen molar-refractivity contribution < 1.29 is 5.11 Å². The van der Waals surface area contributed by atoms with Gasteiger partial charge in [-0.3, -0.25) is 0 Å². The molecule has 0 spiro atoms. The molecule has 4 unspecified atom stereocenters. The molecular formula is C16H27NO. The molecule has 18 heavy (non-hydrogen) atoms. The zero-order valence-electron chi connectivity index (χ0n) is 11.9. The number of rotatable bonds is 3. The lowest BCUT2D eigenvalue weighted by Gasteiger charge is -2.45. The Bertz CT molecular complexity index is 334. The van der Waals surface area contributed by atoms with Gasteiger partial charge >= 0.3 is 0 Å². The fourth-order valence-corrected chi connectivity index (χ4v) is 4.27. The van der Waals surface area contributed by atoms with Crippen molar-refractivity contribution in [3.05, 3.63) is 0 Å². The van der Waals surface area contributed by atoms with Gasteiger partial charge in [0.15, 0.2) is 0 Å². The smallest absolute Gasteiger partial charge is 0.0863 e. The Kier molecular flexibility index (Phi) is 4.02. The van der Waals surface area contributed by atoms with Gasteiger partial charge in [0.2, 0.25) is 0 Å². The number of nitrogens with zero attached hydrogens (tertiary/aromatic N) is 1. The molecule has 0 aromatic rings. The third-order valence-corrected chi connectivity index (χ3v) is 5.71. The monoisotopic (exact) mass is 249 g/mol. The Labute approximate surface area is 111 Å². The molecular weight excluding hydrogens is 222 g/mol. The maximum Gasteiger partial charge on any atom is 0.0863 e. The van der Waals surface area contributed by atoms with E-state index in [0.29, 0.717) is 11.8 Å². The van der Waals surface area contributed by atoms with Crippen LogP contribution in [-0.4, -0.2) is 10.7 Å². The van der Waals surface area contributed by atoms with E-state index in [1.165, 1.54) is 6.42 Å². The van der Waals surface area contributed by atoms with Crippen molar-refractivity contribution in [2.24, 2.45) is 17.3 Å². The number of hydrogen-bond acceptors (Lipinski definition) is 2. The third kappa shape index (κ3) is 2.18. The highest BCUT2D eigenvalue weighted by atomic mass is 16.3. The van der Waals surface area contributed by atoms with Crippen LogP contribution >= 0.6 is 0 Å². The molecule has 2 aliphatic rings. The van der Waals surface area contributed by atoms with Gasteiger partial charge in [-0.25, -0.2) is 0 Å². The van der Waals surface area contributed by atoms with Crippen molar-refractivity contribution in [3.63, 3.8) is 0 Å². The summed E-state index contributed by atoms with van der Waals surface area (Å²) in [6.07, 6.45) is 9.28. The average molecular weight is 249 g/mol. The fraction of sp³-hybridized carbons (Fsp3) is 0.938. The minimum absolute atomic E-state index is 0.449. The summed E-state index contributed by atoms with van der Waals surface area (Å²) in [4.78, 5) is 0. The molecule has 4 atom stereocenters.